The van der Waals surface area contributed by atoms with E-state index in [4.69, 9.17) is 4.74 Å². The number of esters is 1. The molecule has 0 bridgehead atoms. The molecule has 0 aromatic carbocycles. The zero-order valence-electron chi connectivity index (χ0n) is 11.1. The predicted octanol–water partition coefficient (Wildman–Crippen LogP) is 3.41. The van der Waals surface area contributed by atoms with Gasteiger partial charge in [-0.25, -0.2) is 9.78 Å². The number of ether oxygens (including phenoxy) is 1. The van der Waals surface area contributed by atoms with Gasteiger partial charge in [0, 0.05) is 16.7 Å². The molecule has 2 heterocycles. The largest absolute Gasteiger partial charge is 0.456 e. The zero-order valence-corrected chi connectivity index (χ0v) is 12.7. The van der Waals surface area contributed by atoms with Gasteiger partial charge in [0.15, 0.2) is 0 Å². The van der Waals surface area contributed by atoms with Crippen molar-refractivity contribution >= 4 is 27.5 Å². The number of hydrogen-bond acceptors (Lipinski definition) is 3. The highest BCUT2D eigenvalue weighted by Crippen LogP contribution is 2.18. The van der Waals surface area contributed by atoms with Crippen LogP contribution < -0.4 is 0 Å². The molecule has 0 aliphatic heterocycles. The average molecular weight is 323 g/mol. The molecule has 0 saturated heterocycles. The van der Waals surface area contributed by atoms with E-state index in [1.54, 1.807) is 6.20 Å². The van der Waals surface area contributed by atoms with Gasteiger partial charge in [-0.05, 0) is 48.3 Å². The lowest BCUT2D eigenvalue weighted by atomic mass is 10.3. The second kappa shape index (κ2) is 5.57. The standard InChI is InChI=1S/C14H15BrN2O2/c1-9(2)4-13(18)19-8-12-6-16-14-10(3)5-11(15)7-17(12)14/h4-7H,8H2,1-3H3. The van der Waals surface area contributed by atoms with Crippen LogP contribution in [0, 0.1) is 6.92 Å². The van der Waals surface area contributed by atoms with Crippen molar-refractivity contribution in [2.24, 2.45) is 0 Å². The summed E-state index contributed by atoms with van der Waals surface area (Å²) >= 11 is 3.45. The van der Waals surface area contributed by atoms with Crippen LogP contribution >= 0.6 is 15.9 Å². The van der Waals surface area contributed by atoms with Crippen LogP contribution in [0.2, 0.25) is 0 Å². The van der Waals surface area contributed by atoms with Crippen LogP contribution in [0.15, 0.2) is 34.6 Å². The van der Waals surface area contributed by atoms with Crippen LogP contribution in [-0.2, 0) is 16.1 Å². The van der Waals surface area contributed by atoms with E-state index in [1.807, 2.05) is 37.4 Å². The highest BCUT2D eigenvalue weighted by atomic mass is 79.9. The number of imidazole rings is 1. The Morgan fingerprint density at radius 2 is 2.26 bits per heavy atom. The molecule has 2 aromatic heterocycles. The summed E-state index contributed by atoms with van der Waals surface area (Å²) in [7, 11) is 0. The first-order chi connectivity index (χ1) is 8.97. The van der Waals surface area contributed by atoms with Crippen molar-refractivity contribution in [2.45, 2.75) is 27.4 Å². The first-order valence-corrected chi connectivity index (χ1v) is 6.70. The minimum atomic E-state index is -0.332. The lowest BCUT2D eigenvalue weighted by molar-refractivity contribution is -0.139. The highest BCUT2D eigenvalue weighted by molar-refractivity contribution is 9.10. The molecule has 100 valence electrons. The molecule has 0 unspecified atom stereocenters. The van der Waals surface area contributed by atoms with E-state index in [0.29, 0.717) is 0 Å². The Kier molecular flexibility index (Phi) is 4.04. The van der Waals surface area contributed by atoms with Crippen molar-refractivity contribution in [3.8, 4) is 0 Å². The third-order valence-corrected chi connectivity index (χ3v) is 3.04. The fourth-order valence-electron chi connectivity index (χ4n) is 1.79. The number of carbonyl (C=O) groups excluding carboxylic acids is 1. The second-order valence-corrected chi connectivity index (χ2v) is 5.53. The van der Waals surface area contributed by atoms with Gasteiger partial charge in [-0.1, -0.05) is 5.57 Å². The molecule has 0 spiro atoms. The molecule has 5 heteroatoms. The molecule has 0 aliphatic carbocycles. The summed E-state index contributed by atoms with van der Waals surface area (Å²) in [5, 5.41) is 0. The molecule has 0 saturated carbocycles. The Bertz CT molecular complexity index is 655. The van der Waals surface area contributed by atoms with Crippen molar-refractivity contribution in [2.75, 3.05) is 0 Å². The van der Waals surface area contributed by atoms with Crippen molar-refractivity contribution in [3.63, 3.8) is 0 Å². The topological polar surface area (TPSA) is 43.6 Å². The Morgan fingerprint density at radius 3 is 2.95 bits per heavy atom. The molecule has 2 rings (SSSR count). The van der Waals surface area contributed by atoms with Gasteiger partial charge in [0.25, 0.3) is 0 Å². The number of rotatable bonds is 3. The van der Waals surface area contributed by atoms with Crippen molar-refractivity contribution < 1.29 is 9.53 Å². The first-order valence-electron chi connectivity index (χ1n) is 5.91. The summed E-state index contributed by atoms with van der Waals surface area (Å²) in [5.41, 5.74) is 3.70. The van der Waals surface area contributed by atoms with Crippen molar-refractivity contribution in [1.29, 1.82) is 0 Å². The molecule has 0 aliphatic rings. The van der Waals surface area contributed by atoms with Gasteiger partial charge in [-0.2, -0.15) is 0 Å². The Morgan fingerprint density at radius 1 is 1.53 bits per heavy atom. The maximum atomic E-state index is 11.5. The quantitative estimate of drug-likeness (QED) is 0.642. The third-order valence-electron chi connectivity index (χ3n) is 2.60. The highest BCUT2D eigenvalue weighted by Gasteiger charge is 2.08. The van der Waals surface area contributed by atoms with Crippen LogP contribution in [-0.4, -0.2) is 15.4 Å². The average Bonchev–Trinajstić information content (AvgIpc) is 2.68. The number of hydrogen-bond donors (Lipinski definition) is 0. The predicted molar refractivity (Wildman–Crippen MR) is 76.9 cm³/mol. The normalized spacial score (nSPS) is 10.5. The summed E-state index contributed by atoms with van der Waals surface area (Å²) in [5.74, 6) is -0.332. The van der Waals surface area contributed by atoms with Crippen LogP contribution in [0.1, 0.15) is 25.1 Å². The summed E-state index contributed by atoms with van der Waals surface area (Å²) < 4.78 is 8.08. The number of carbonyl (C=O) groups is 1. The maximum Gasteiger partial charge on any atom is 0.331 e. The Labute approximate surface area is 120 Å². The van der Waals surface area contributed by atoms with E-state index in [9.17, 15) is 4.79 Å². The summed E-state index contributed by atoms with van der Waals surface area (Å²) in [6, 6.07) is 2.00. The molecule has 4 nitrogen and oxygen atoms in total. The smallest absolute Gasteiger partial charge is 0.331 e. The van der Waals surface area contributed by atoms with E-state index in [2.05, 4.69) is 20.9 Å². The minimum absolute atomic E-state index is 0.208. The van der Waals surface area contributed by atoms with Gasteiger partial charge >= 0.3 is 5.97 Å². The zero-order chi connectivity index (χ0) is 14.0. The van der Waals surface area contributed by atoms with Gasteiger partial charge < -0.3 is 4.74 Å². The van der Waals surface area contributed by atoms with Crippen LogP contribution in [0.3, 0.4) is 0 Å². The third kappa shape index (κ3) is 3.23. The number of fused-ring (bicyclic) bond motifs is 1. The van der Waals surface area contributed by atoms with Crippen LogP contribution in [0.25, 0.3) is 5.65 Å². The van der Waals surface area contributed by atoms with E-state index in [1.165, 1.54) is 6.08 Å². The molecule has 19 heavy (non-hydrogen) atoms. The summed E-state index contributed by atoms with van der Waals surface area (Å²) in [4.78, 5) is 15.8. The van der Waals surface area contributed by atoms with Crippen molar-refractivity contribution in [3.05, 3.63) is 45.8 Å². The van der Waals surface area contributed by atoms with Gasteiger partial charge in [0.2, 0.25) is 0 Å². The van der Waals surface area contributed by atoms with Crippen molar-refractivity contribution in [1.82, 2.24) is 9.38 Å². The summed E-state index contributed by atoms with van der Waals surface area (Å²) in [6.45, 7) is 5.91. The van der Waals surface area contributed by atoms with Gasteiger partial charge in [0.1, 0.15) is 12.3 Å². The fraction of sp³-hybridized carbons (Fsp3) is 0.286. The number of halogens is 1. The molecular weight excluding hydrogens is 308 g/mol. The molecular formula is C14H15BrN2O2. The van der Waals surface area contributed by atoms with E-state index in [-0.39, 0.29) is 12.6 Å². The van der Waals surface area contributed by atoms with Gasteiger partial charge in [-0.3, -0.25) is 4.40 Å². The SMILES string of the molecule is CC(C)=CC(=O)OCc1cnc2c(C)cc(Br)cn12. The fourth-order valence-corrected chi connectivity index (χ4v) is 2.34. The van der Waals surface area contributed by atoms with E-state index in [0.717, 1.165) is 27.0 Å². The van der Waals surface area contributed by atoms with E-state index >= 15 is 0 Å². The Hall–Kier alpha value is -1.62. The maximum absolute atomic E-state index is 11.5. The monoisotopic (exact) mass is 322 g/mol. The lowest BCUT2D eigenvalue weighted by Crippen LogP contribution is -2.03. The molecule has 0 atom stereocenters. The van der Waals surface area contributed by atoms with Crippen LogP contribution in [0.4, 0.5) is 0 Å². The number of nitrogens with zero attached hydrogens (tertiary/aromatic N) is 2. The van der Waals surface area contributed by atoms with Crippen LogP contribution in [0.5, 0.6) is 0 Å². The number of aromatic nitrogens is 2. The molecule has 0 amide bonds. The second-order valence-electron chi connectivity index (χ2n) is 4.61. The Balaban J connectivity index is 2.22. The number of aryl methyl sites for hydroxylation is 1. The van der Waals surface area contributed by atoms with Gasteiger partial charge in [0.05, 0.1) is 11.9 Å². The molecule has 2 aromatic rings. The first kappa shape index (κ1) is 13.8. The molecule has 0 radical (unpaired) electrons. The number of pyridine rings is 1. The van der Waals surface area contributed by atoms with Gasteiger partial charge in [-0.15, -0.1) is 0 Å². The summed E-state index contributed by atoms with van der Waals surface area (Å²) in [6.07, 6.45) is 5.12. The molecule has 0 N–H and O–H groups in total. The minimum Gasteiger partial charge on any atom is -0.456 e. The van der Waals surface area contributed by atoms with E-state index < -0.39 is 0 Å². The number of allylic oxidation sites excluding steroid dienone is 1. The molecule has 0 fully saturated rings. The lowest BCUT2D eigenvalue weighted by Gasteiger charge is -2.05.